The Hall–Kier alpha value is -2.11. The predicted octanol–water partition coefficient (Wildman–Crippen LogP) is 10.4. The van der Waals surface area contributed by atoms with Gasteiger partial charge in [-0.05, 0) is 77.0 Å². The predicted molar refractivity (Wildman–Crippen MR) is 186 cm³/mol. The van der Waals surface area contributed by atoms with Gasteiger partial charge in [0.05, 0.1) is 6.42 Å². The molecule has 0 bridgehead atoms. The molecule has 0 rings (SSSR count). The van der Waals surface area contributed by atoms with Crippen LogP contribution in [-0.4, -0.2) is 33.3 Å². The Morgan fingerprint density at radius 2 is 0.818 bits per heavy atom. The summed E-state index contributed by atoms with van der Waals surface area (Å²) in [5, 5.41) is 20.2. The first-order valence-corrected chi connectivity index (χ1v) is 18.0. The number of hydrogen-bond acceptors (Lipinski definition) is 5. The van der Waals surface area contributed by atoms with Crippen LogP contribution in [0, 0.1) is 0 Å². The van der Waals surface area contributed by atoms with Gasteiger partial charge < -0.3 is 10.2 Å². The van der Waals surface area contributed by atoms with Crippen molar-refractivity contribution in [1.82, 2.24) is 0 Å². The van der Waals surface area contributed by atoms with E-state index in [4.69, 9.17) is 0 Å². The highest BCUT2D eigenvalue weighted by Crippen LogP contribution is 2.16. The van der Waals surface area contributed by atoms with Gasteiger partial charge in [0.2, 0.25) is 5.78 Å². The topological polar surface area (TPSA) is 91.7 Å². The highest BCUT2D eigenvalue weighted by Gasteiger charge is 2.41. The molecule has 0 aromatic heterocycles. The van der Waals surface area contributed by atoms with Gasteiger partial charge in [0.15, 0.2) is 5.78 Å². The summed E-state index contributed by atoms with van der Waals surface area (Å²) in [4.78, 5) is 36.7. The molecule has 0 atom stereocenters. The van der Waals surface area contributed by atoms with Gasteiger partial charge in [0.25, 0.3) is 5.79 Å². The fraction of sp³-hybridized carbons (Fsp3) is 0.718. The molecular weight excluding hydrogens is 548 g/mol. The standard InChI is InChI=1S/C39H66O5/c1-3-5-7-9-11-13-15-17-19-21-23-25-27-29-31-33-36(40)35-38(42)39(43,44)37(41)34-32-30-28-26-24-22-20-18-16-14-12-10-8-6-4-2/h11-14,17-20,43-44H,3-10,15-16,21-35H2,1-2H3/b13-11-,14-12-,19-17-,20-18-. The molecule has 2 N–H and O–H groups in total. The molecule has 0 amide bonds. The first kappa shape index (κ1) is 41.9. The molecule has 0 spiro atoms. The zero-order chi connectivity index (χ0) is 32.6. The number of allylic oxidation sites excluding steroid dienone is 8. The van der Waals surface area contributed by atoms with Crippen LogP contribution in [0.1, 0.15) is 174 Å². The van der Waals surface area contributed by atoms with Gasteiger partial charge in [-0.3, -0.25) is 14.4 Å². The number of Topliss-reactive ketones (excluding diaryl/α,β-unsaturated/α-hetero) is 3. The lowest BCUT2D eigenvalue weighted by Crippen LogP contribution is -2.47. The maximum absolute atomic E-state index is 12.3. The summed E-state index contributed by atoms with van der Waals surface area (Å²) in [6, 6.07) is 0. The third-order valence-corrected chi connectivity index (χ3v) is 7.90. The summed E-state index contributed by atoms with van der Waals surface area (Å²) >= 11 is 0. The van der Waals surface area contributed by atoms with Crippen molar-refractivity contribution in [3.05, 3.63) is 48.6 Å². The van der Waals surface area contributed by atoms with Gasteiger partial charge in [-0.2, -0.15) is 0 Å². The summed E-state index contributed by atoms with van der Waals surface area (Å²) in [5.41, 5.74) is 0. The first-order valence-electron chi connectivity index (χ1n) is 18.0. The summed E-state index contributed by atoms with van der Waals surface area (Å²) in [6.07, 6.45) is 40.8. The second-order valence-corrected chi connectivity index (χ2v) is 12.2. The molecule has 0 radical (unpaired) electrons. The van der Waals surface area contributed by atoms with Crippen LogP contribution in [0.5, 0.6) is 0 Å². The molecule has 5 nitrogen and oxygen atoms in total. The summed E-state index contributed by atoms with van der Waals surface area (Å²) in [6.45, 7) is 4.44. The van der Waals surface area contributed by atoms with Crippen LogP contribution in [0.2, 0.25) is 0 Å². The van der Waals surface area contributed by atoms with E-state index in [1.54, 1.807) is 0 Å². The second kappa shape index (κ2) is 30.9. The molecule has 0 fully saturated rings. The lowest BCUT2D eigenvalue weighted by Gasteiger charge is -2.18. The van der Waals surface area contributed by atoms with Gasteiger partial charge in [-0.15, -0.1) is 0 Å². The average molecular weight is 615 g/mol. The van der Waals surface area contributed by atoms with E-state index in [1.807, 2.05) is 0 Å². The number of unbranched alkanes of at least 4 members (excludes halogenated alkanes) is 16. The van der Waals surface area contributed by atoms with E-state index in [-0.39, 0.29) is 18.6 Å². The van der Waals surface area contributed by atoms with E-state index in [1.165, 1.54) is 51.4 Å². The Kier molecular flexibility index (Phi) is 29.4. The van der Waals surface area contributed by atoms with E-state index >= 15 is 0 Å². The smallest absolute Gasteiger partial charge is 0.285 e. The van der Waals surface area contributed by atoms with E-state index < -0.39 is 23.8 Å². The van der Waals surface area contributed by atoms with E-state index in [2.05, 4.69) is 62.5 Å². The van der Waals surface area contributed by atoms with Gasteiger partial charge in [0, 0.05) is 12.8 Å². The lowest BCUT2D eigenvalue weighted by molar-refractivity contribution is -0.189. The summed E-state index contributed by atoms with van der Waals surface area (Å²) < 4.78 is 0. The van der Waals surface area contributed by atoms with Crippen molar-refractivity contribution in [1.29, 1.82) is 0 Å². The van der Waals surface area contributed by atoms with E-state index in [0.29, 0.717) is 12.8 Å². The molecule has 0 aromatic rings. The molecule has 44 heavy (non-hydrogen) atoms. The van der Waals surface area contributed by atoms with Crippen LogP contribution in [0.4, 0.5) is 0 Å². The fourth-order valence-corrected chi connectivity index (χ4v) is 4.95. The van der Waals surface area contributed by atoms with Gasteiger partial charge in [0.1, 0.15) is 5.78 Å². The van der Waals surface area contributed by atoms with Crippen LogP contribution < -0.4 is 0 Å². The maximum atomic E-state index is 12.3. The Balaban J connectivity index is 3.82. The van der Waals surface area contributed by atoms with Crippen molar-refractivity contribution < 1.29 is 24.6 Å². The number of carbonyl (C=O) groups is 3. The van der Waals surface area contributed by atoms with Crippen molar-refractivity contribution in [3.63, 3.8) is 0 Å². The Morgan fingerprint density at radius 1 is 0.455 bits per heavy atom. The zero-order valence-electron chi connectivity index (χ0n) is 28.4. The molecule has 0 unspecified atom stereocenters. The Bertz CT molecular complexity index is 833. The van der Waals surface area contributed by atoms with Crippen molar-refractivity contribution in [2.75, 3.05) is 0 Å². The van der Waals surface area contributed by atoms with Crippen LogP contribution in [0.15, 0.2) is 48.6 Å². The molecule has 0 saturated heterocycles. The quantitative estimate of drug-likeness (QED) is 0.0340. The number of rotatable bonds is 32. The highest BCUT2D eigenvalue weighted by atomic mass is 16.5. The van der Waals surface area contributed by atoms with E-state index in [0.717, 1.165) is 77.0 Å². The molecule has 0 saturated carbocycles. The molecule has 5 heteroatoms. The number of aliphatic hydroxyl groups is 2. The molecule has 0 heterocycles. The van der Waals surface area contributed by atoms with Gasteiger partial charge in [-0.25, -0.2) is 0 Å². The van der Waals surface area contributed by atoms with Crippen molar-refractivity contribution >= 4 is 17.3 Å². The van der Waals surface area contributed by atoms with Crippen LogP contribution in [0.3, 0.4) is 0 Å². The Morgan fingerprint density at radius 3 is 1.25 bits per heavy atom. The first-order chi connectivity index (χ1) is 21.4. The normalized spacial score (nSPS) is 12.5. The average Bonchev–Trinajstić information content (AvgIpc) is 3.00. The molecule has 252 valence electrons. The minimum Gasteiger partial charge on any atom is -0.354 e. The SMILES string of the molecule is CCCCC/C=C\C/C=C\CCCCCCCC(=O)CC(=O)C(O)(O)C(=O)CCCCCCC/C=C\C/C=C\CCCCC. The van der Waals surface area contributed by atoms with Crippen molar-refractivity contribution in [2.45, 2.75) is 180 Å². The van der Waals surface area contributed by atoms with E-state index in [9.17, 15) is 24.6 Å². The number of carbonyl (C=O) groups excluding carboxylic acids is 3. The third kappa shape index (κ3) is 26.3. The van der Waals surface area contributed by atoms with Crippen molar-refractivity contribution in [2.24, 2.45) is 0 Å². The monoisotopic (exact) mass is 614 g/mol. The molecule has 0 aliphatic carbocycles. The third-order valence-electron chi connectivity index (χ3n) is 7.90. The molecule has 0 aromatic carbocycles. The van der Waals surface area contributed by atoms with Crippen LogP contribution >= 0.6 is 0 Å². The minimum atomic E-state index is -3.05. The van der Waals surface area contributed by atoms with Gasteiger partial charge >= 0.3 is 0 Å². The van der Waals surface area contributed by atoms with Gasteiger partial charge in [-0.1, -0.05) is 127 Å². The minimum absolute atomic E-state index is 0.0671. The maximum Gasteiger partial charge on any atom is 0.285 e. The Labute approximate surface area is 270 Å². The largest absolute Gasteiger partial charge is 0.354 e. The van der Waals surface area contributed by atoms with Crippen LogP contribution in [-0.2, 0) is 14.4 Å². The summed E-state index contributed by atoms with van der Waals surface area (Å²) in [5.74, 6) is -5.39. The molecular formula is C39H66O5. The fourth-order valence-electron chi connectivity index (χ4n) is 4.95. The van der Waals surface area contributed by atoms with Crippen LogP contribution in [0.25, 0.3) is 0 Å². The molecule has 0 aliphatic rings. The lowest BCUT2D eigenvalue weighted by atomic mass is 9.96. The number of hydrogen-bond donors (Lipinski definition) is 2. The zero-order valence-corrected chi connectivity index (χ0v) is 28.4. The second-order valence-electron chi connectivity index (χ2n) is 12.2. The number of ketones is 3. The van der Waals surface area contributed by atoms with Crippen molar-refractivity contribution in [3.8, 4) is 0 Å². The molecule has 0 aliphatic heterocycles. The highest BCUT2D eigenvalue weighted by molar-refractivity contribution is 6.13. The summed E-state index contributed by atoms with van der Waals surface area (Å²) in [7, 11) is 0.